The summed E-state index contributed by atoms with van der Waals surface area (Å²) < 4.78 is 18.6. The summed E-state index contributed by atoms with van der Waals surface area (Å²) in [6, 6.07) is 0. The minimum Gasteiger partial charge on any atom is -0.356 e. The number of hydrogen-bond acceptors (Lipinski definition) is 2. The first-order valence-corrected chi connectivity index (χ1v) is 6.16. The number of alkyl halides is 1. The number of fused-ring (bicyclic) bond motifs is 1. The van der Waals surface area contributed by atoms with Crippen LogP contribution in [0.5, 0.6) is 0 Å². The van der Waals surface area contributed by atoms with Gasteiger partial charge in [-0.1, -0.05) is 24.4 Å². The Labute approximate surface area is 93.8 Å². The SMILES string of the molecule is FC1C=c2c(C3CCCCC3)noc2=CC1. The van der Waals surface area contributed by atoms with Crippen LogP contribution in [0, 0.1) is 0 Å². The first-order chi connectivity index (χ1) is 7.84. The van der Waals surface area contributed by atoms with Crippen LogP contribution in [0.15, 0.2) is 4.52 Å². The number of halogens is 1. The van der Waals surface area contributed by atoms with E-state index in [-0.39, 0.29) is 0 Å². The molecule has 0 aromatic carbocycles. The molecule has 0 bridgehead atoms. The maximum atomic E-state index is 13.3. The predicted molar refractivity (Wildman–Crippen MR) is 60.0 cm³/mol. The highest BCUT2D eigenvalue weighted by molar-refractivity contribution is 5.41. The van der Waals surface area contributed by atoms with Crippen molar-refractivity contribution in [2.75, 3.05) is 0 Å². The van der Waals surface area contributed by atoms with Gasteiger partial charge in [0.25, 0.3) is 0 Å². The molecule has 3 rings (SSSR count). The van der Waals surface area contributed by atoms with Crippen LogP contribution < -0.4 is 10.6 Å². The van der Waals surface area contributed by atoms with Crippen LogP contribution in [-0.2, 0) is 0 Å². The Bertz CT molecular complexity index is 485. The molecular formula is C13H16FNO. The fourth-order valence-electron chi connectivity index (χ4n) is 2.78. The highest BCUT2D eigenvalue weighted by Crippen LogP contribution is 2.29. The zero-order chi connectivity index (χ0) is 11.0. The molecule has 0 N–H and O–H groups in total. The molecule has 16 heavy (non-hydrogen) atoms. The van der Waals surface area contributed by atoms with Crippen LogP contribution in [0.4, 0.5) is 4.39 Å². The van der Waals surface area contributed by atoms with E-state index in [9.17, 15) is 4.39 Å². The van der Waals surface area contributed by atoms with Gasteiger partial charge < -0.3 is 4.52 Å². The maximum Gasteiger partial charge on any atom is 0.163 e. The van der Waals surface area contributed by atoms with Crippen LogP contribution in [0.25, 0.3) is 12.2 Å². The third-order valence-corrected chi connectivity index (χ3v) is 3.65. The number of hydrogen-bond donors (Lipinski definition) is 0. The third-order valence-electron chi connectivity index (χ3n) is 3.65. The van der Waals surface area contributed by atoms with Crippen LogP contribution in [0.2, 0.25) is 0 Å². The number of aromatic nitrogens is 1. The van der Waals surface area contributed by atoms with Crippen molar-refractivity contribution in [3.8, 4) is 0 Å². The Hall–Kier alpha value is -1.12. The summed E-state index contributed by atoms with van der Waals surface area (Å²) in [5, 5.41) is 5.07. The molecule has 1 saturated carbocycles. The molecule has 1 atom stereocenters. The van der Waals surface area contributed by atoms with Gasteiger partial charge in [-0.3, -0.25) is 0 Å². The van der Waals surface area contributed by atoms with Gasteiger partial charge in [0.1, 0.15) is 6.17 Å². The lowest BCUT2D eigenvalue weighted by molar-refractivity contribution is 0.362. The topological polar surface area (TPSA) is 26.0 Å². The standard InChI is InChI=1S/C13H16FNO/c14-10-6-7-12-11(8-10)13(15-16-12)9-4-2-1-3-5-9/h7-10H,1-6H2. The average Bonchev–Trinajstić information content (AvgIpc) is 2.73. The highest BCUT2D eigenvalue weighted by Gasteiger charge is 2.22. The molecule has 2 nitrogen and oxygen atoms in total. The highest BCUT2D eigenvalue weighted by atomic mass is 19.1. The van der Waals surface area contributed by atoms with Crippen molar-refractivity contribution in [2.45, 2.75) is 50.6 Å². The second-order valence-electron chi connectivity index (χ2n) is 4.80. The van der Waals surface area contributed by atoms with E-state index in [2.05, 4.69) is 5.16 Å². The summed E-state index contributed by atoms with van der Waals surface area (Å²) in [5.41, 5.74) is 1.77. The second kappa shape index (κ2) is 4.04. The van der Waals surface area contributed by atoms with Gasteiger partial charge in [-0.15, -0.1) is 0 Å². The van der Waals surface area contributed by atoms with Crippen molar-refractivity contribution in [3.05, 3.63) is 16.3 Å². The molecular weight excluding hydrogens is 205 g/mol. The zero-order valence-corrected chi connectivity index (χ0v) is 9.29. The molecule has 0 aliphatic heterocycles. The van der Waals surface area contributed by atoms with Crippen molar-refractivity contribution in [2.24, 2.45) is 0 Å². The summed E-state index contributed by atoms with van der Waals surface area (Å²) in [7, 11) is 0. The molecule has 86 valence electrons. The molecule has 1 fully saturated rings. The maximum absolute atomic E-state index is 13.3. The van der Waals surface area contributed by atoms with E-state index in [1.807, 2.05) is 6.08 Å². The summed E-state index contributed by atoms with van der Waals surface area (Å²) in [4.78, 5) is 0. The Morgan fingerprint density at radius 3 is 2.88 bits per heavy atom. The minimum atomic E-state index is -0.866. The van der Waals surface area contributed by atoms with E-state index >= 15 is 0 Å². The van der Waals surface area contributed by atoms with Gasteiger partial charge in [-0.25, -0.2) is 4.39 Å². The van der Waals surface area contributed by atoms with Gasteiger partial charge in [0.15, 0.2) is 5.42 Å². The van der Waals surface area contributed by atoms with Crippen molar-refractivity contribution in [1.82, 2.24) is 5.16 Å². The molecule has 0 spiro atoms. The van der Waals surface area contributed by atoms with E-state index in [0.717, 1.165) is 16.3 Å². The van der Waals surface area contributed by atoms with Crippen molar-refractivity contribution >= 4 is 12.2 Å². The summed E-state index contributed by atoms with van der Waals surface area (Å²) >= 11 is 0. The average molecular weight is 221 g/mol. The van der Waals surface area contributed by atoms with Gasteiger partial charge in [0.05, 0.1) is 5.69 Å². The van der Waals surface area contributed by atoms with Gasteiger partial charge >= 0.3 is 0 Å². The first-order valence-electron chi connectivity index (χ1n) is 6.16. The van der Waals surface area contributed by atoms with Gasteiger partial charge in [0.2, 0.25) is 0 Å². The Morgan fingerprint density at radius 2 is 2.06 bits per heavy atom. The summed E-state index contributed by atoms with van der Waals surface area (Å²) in [6.45, 7) is 0. The molecule has 3 heteroatoms. The molecule has 1 aromatic rings. The lowest BCUT2D eigenvalue weighted by atomic mass is 9.86. The Balaban J connectivity index is 2.02. The third kappa shape index (κ3) is 1.68. The molecule has 2 aliphatic rings. The molecule has 0 amide bonds. The van der Waals surface area contributed by atoms with Crippen molar-refractivity contribution < 1.29 is 8.91 Å². The normalized spacial score (nSPS) is 25.7. The van der Waals surface area contributed by atoms with Gasteiger partial charge in [-0.2, -0.15) is 0 Å². The molecule has 1 heterocycles. The summed E-state index contributed by atoms with van der Waals surface area (Å²) in [5.74, 6) is 0.483. The van der Waals surface area contributed by atoms with Crippen LogP contribution in [0.3, 0.4) is 0 Å². The quantitative estimate of drug-likeness (QED) is 0.725. The van der Waals surface area contributed by atoms with Gasteiger partial charge in [0, 0.05) is 17.6 Å². The summed E-state index contributed by atoms with van der Waals surface area (Å²) in [6.07, 6.45) is 9.23. The van der Waals surface area contributed by atoms with Gasteiger partial charge in [-0.05, 0) is 25.0 Å². The van der Waals surface area contributed by atoms with E-state index in [0.29, 0.717) is 12.3 Å². The fraction of sp³-hybridized carbons (Fsp3) is 0.615. The van der Waals surface area contributed by atoms with Crippen molar-refractivity contribution in [3.63, 3.8) is 0 Å². The Kier molecular flexibility index (Phi) is 2.54. The number of nitrogens with zero attached hydrogens (tertiary/aromatic N) is 1. The number of rotatable bonds is 1. The largest absolute Gasteiger partial charge is 0.356 e. The van der Waals surface area contributed by atoms with Crippen LogP contribution in [-0.4, -0.2) is 11.3 Å². The zero-order valence-electron chi connectivity index (χ0n) is 9.29. The van der Waals surface area contributed by atoms with Crippen LogP contribution >= 0.6 is 0 Å². The minimum absolute atomic E-state index is 0.423. The van der Waals surface area contributed by atoms with E-state index in [1.54, 1.807) is 6.08 Å². The lowest BCUT2D eigenvalue weighted by Gasteiger charge is -2.19. The smallest absolute Gasteiger partial charge is 0.163 e. The molecule has 1 aromatic heterocycles. The second-order valence-corrected chi connectivity index (χ2v) is 4.80. The van der Waals surface area contributed by atoms with E-state index in [4.69, 9.17) is 4.52 Å². The molecule has 2 aliphatic carbocycles. The fourth-order valence-corrected chi connectivity index (χ4v) is 2.78. The molecule has 0 radical (unpaired) electrons. The van der Waals surface area contributed by atoms with E-state index < -0.39 is 6.17 Å². The molecule has 0 saturated heterocycles. The Morgan fingerprint density at radius 1 is 1.25 bits per heavy atom. The first kappa shape index (κ1) is 10.1. The van der Waals surface area contributed by atoms with Crippen LogP contribution in [0.1, 0.15) is 50.1 Å². The molecule has 1 unspecified atom stereocenters. The lowest BCUT2D eigenvalue weighted by Crippen LogP contribution is -2.30. The van der Waals surface area contributed by atoms with E-state index in [1.165, 1.54) is 32.1 Å². The predicted octanol–water partition coefficient (Wildman–Crippen LogP) is 2.03. The monoisotopic (exact) mass is 221 g/mol. The van der Waals surface area contributed by atoms with Crippen molar-refractivity contribution in [1.29, 1.82) is 0 Å².